The summed E-state index contributed by atoms with van der Waals surface area (Å²) in [5.74, 6) is -0.180. The molecule has 0 aliphatic rings. The zero-order chi connectivity index (χ0) is 15.9. The second-order valence-electron chi connectivity index (χ2n) is 4.44. The summed E-state index contributed by atoms with van der Waals surface area (Å²) >= 11 is 2.37. The second-order valence-corrected chi connectivity index (χ2v) is 6.47. The molecular formula is C16H14FNO2S2. The van der Waals surface area contributed by atoms with Gasteiger partial charge >= 0.3 is 0 Å². The first-order valence-electron chi connectivity index (χ1n) is 6.49. The number of rotatable bonds is 6. The molecule has 0 unspecified atom stereocenters. The highest BCUT2D eigenvalue weighted by atomic mass is 32.2. The van der Waals surface area contributed by atoms with Crippen LogP contribution in [-0.2, 0) is 4.79 Å². The van der Waals surface area contributed by atoms with Gasteiger partial charge in [0.05, 0.1) is 5.75 Å². The molecule has 114 valence electrons. The molecule has 0 amide bonds. The van der Waals surface area contributed by atoms with Crippen molar-refractivity contribution in [2.24, 2.45) is 0 Å². The SMILES string of the molecule is CC(=O)SCC(=O)c1ccc(NSc2ccc(F)cc2)cc1. The van der Waals surface area contributed by atoms with E-state index in [4.69, 9.17) is 0 Å². The van der Waals surface area contributed by atoms with E-state index >= 15 is 0 Å². The third-order valence-corrected chi connectivity index (χ3v) is 4.37. The molecule has 2 aromatic rings. The van der Waals surface area contributed by atoms with E-state index in [0.717, 1.165) is 22.3 Å². The van der Waals surface area contributed by atoms with E-state index in [1.54, 1.807) is 36.4 Å². The summed E-state index contributed by atoms with van der Waals surface area (Å²) in [7, 11) is 0. The fourth-order valence-corrected chi connectivity index (χ4v) is 2.74. The Morgan fingerprint density at radius 3 is 2.27 bits per heavy atom. The maximum atomic E-state index is 12.8. The van der Waals surface area contributed by atoms with Gasteiger partial charge in [0.2, 0.25) is 0 Å². The monoisotopic (exact) mass is 335 g/mol. The van der Waals surface area contributed by atoms with E-state index in [0.29, 0.717) is 5.56 Å². The van der Waals surface area contributed by atoms with E-state index in [1.807, 2.05) is 0 Å². The molecule has 0 aromatic heterocycles. The van der Waals surface area contributed by atoms with Crippen LogP contribution in [-0.4, -0.2) is 16.7 Å². The average Bonchev–Trinajstić information content (AvgIpc) is 2.52. The number of carbonyl (C=O) groups excluding carboxylic acids is 2. The van der Waals surface area contributed by atoms with Crippen LogP contribution in [0.15, 0.2) is 53.4 Å². The minimum Gasteiger partial charge on any atom is -0.326 e. The Balaban J connectivity index is 1.90. The van der Waals surface area contributed by atoms with Gasteiger partial charge in [-0.25, -0.2) is 4.39 Å². The molecule has 2 rings (SSSR count). The van der Waals surface area contributed by atoms with Gasteiger partial charge in [0.1, 0.15) is 5.82 Å². The van der Waals surface area contributed by atoms with Crippen LogP contribution in [0.25, 0.3) is 0 Å². The maximum Gasteiger partial charge on any atom is 0.186 e. The van der Waals surface area contributed by atoms with E-state index in [9.17, 15) is 14.0 Å². The van der Waals surface area contributed by atoms with Crippen molar-refractivity contribution in [2.45, 2.75) is 11.8 Å². The highest BCUT2D eigenvalue weighted by molar-refractivity contribution is 8.14. The zero-order valence-corrected chi connectivity index (χ0v) is 13.5. The maximum absolute atomic E-state index is 12.8. The molecule has 1 N–H and O–H groups in total. The highest BCUT2D eigenvalue weighted by Crippen LogP contribution is 2.22. The first-order valence-corrected chi connectivity index (χ1v) is 8.30. The molecule has 2 aromatic carbocycles. The summed E-state index contributed by atoms with van der Waals surface area (Å²) in [5, 5.41) is -0.0673. The Morgan fingerprint density at radius 2 is 1.68 bits per heavy atom. The first kappa shape index (κ1) is 16.6. The van der Waals surface area contributed by atoms with Crippen molar-refractivity contribution >= 4 is 40.3 Å². The van der Waals surface area contributed by atoms with Crippen molar-refractivity contribution in [1.82, 2.24) is 0 Å². The molecular weight excluding hydrogens is 321 g/mol. The van der Waals surface area contributed by atoms with Crippen molar-refractivity contribution in [3.8, 4) is 0 Å². The number of nitrogens with one attached hydrogen (secondary N) is 1. The molecule has 0 saturated heterocycles. The molecule has 0 radical (unpaired) electrons. The smallest absolute Gasteiger partial charge is 0.186 e. The fraction of sp³-hybridized carbons (Fsp3) is 0.125. The number of benzene rings is 2. The molecule has 0 aliphatic heterocycles. The molecule has 22 heavy (non-hydrogen) atoms. The normalized spacial score (nSPS) is 10.3. The van der Waals surface area contributed by atoms with Crippen LogP contribution in [0.1, 0.15) is 17.3 Å². The number of Topliss-reactive ketones (excluding diaryl/α,β-unsaturated/α-hetero) is 1. The van der Waals surface area contributed by atoms with Crippen LogP contribution < -0.4 is 4.72 Å². The van der Waals surface area contributed by atoms with Gasteiger partial charge < -0.3 is 4.72 Å². The van der Waals surface area contributed by atoms with Gasteiger partial charge in [-0.05, 0) is 60.5 Å². The van der Waals surface area contributed by atoms with Crippen LogP contribution in [0, 0.1) is 5.82 Å². The van der Waals surface area contributed by atoms with E-state index in [1.165, 1.54) is 31.0 Å². The number of ketones is 1. The number of thioether (sulfide) groups is 1. The van der Waals surface area contributed by atoms with Crippen LogP contribution >= 0.6 is 23.7 Å². The highest BCUT2D eigenvalue weighted by Gasteiger charge is 2.07. The summed E-state index contributed by atoms with van der Waals surface area (Å²) in [6.45, 7) is 1.44. The lowest BCUT2D eigenvalue weighted by molar-refractivity contribution is -0.109. The predicted octanol–water partition coefficient (Wildman–Crippen LogP) is 4.41. The van der Waals surface area contributed by atoms with Crippen LogP contribution in [0.4, 0.5) is 10.1 Å². The minimum atomic E-state index is -0.268. The van der Waals surface area contributed by atoms with E-state index in [-0.39, 0.29) is 22.5 Å². The Hall–Kier alpha value is -1.79. The molecule has 0 bridgehead atoms. The lowest BCUT2D eigenvalue weighted by Crippen LogP contribution is -2.03. The molecule has 6 heteroatoms. The number of hydrogen-bond donors (Lipinski definition) is 1. The third kappa shape index (κ3) is 5.20. The molecule has 3 nitrogen and oxygen atoms in total. The standard InChI is InChI=1S/C16H14FNO2S2/c1-11(19)21-10-16(20)12-2-6-14(7-3-12)18-22-15-8-4-13(17)5-9-15/h2-9,18H,10H2,1H3. The van der Waals surface area contributed by atoms with Gasteiger partial charge in [-0.3, -0.25) is 9.59 Å². The molecule has 0 spiro atoms. The van der Waals surface area contributed by atoms with E-state index in [2.05, 4.69) is 4.72 Å². The first-order chi connectivity index (χ1) is 10.5. The summed E-state index contributed by atoms with van der Waals surface area (Å²) < 4.78 is 15.9. The largest absolute Gasteiger partial charge is 0.326 e. The quantitative estimate of drug-likeness (QED) is 0.626. The summed E-state index contributed by atoms with van der Waals surface area (Å²) in [4.78, 5) is 23.6. The molecule has 0 saturated carbocycles. The number of halogens is 1. The van der Waals surface area contributed by atoms with Crippen molar-refractivity contribution in [2.75, 3.05) is 10.5 Å². The Morgan fingerprint density at radius 1 is 1.05 bits per heavy atom. The van der Waals surface area contributed by atoms with Crippen LogP contribution in [0.3, 0.4) is 0 Å². The molecule has 0 atom stereocenters. The topological polar surface area (TPSA) is 46.2 Å². The van der Waals surface area contributed by atoms with Gasteiger partial charge in [-0.2, -0.15) is 0 Å². The van der Waals surface area contributed by atoms with Crippen molar-refractivity contribution in [1.29, 1.82) is 0 Å². The van der Waals surface area contributed by atoms with Gasteiger partial charge in [-0.1, -0.05) is 11.8 Å². The van der Waals surface area contributed by atoms with Crippen LogP contribution in [0.5, 0.6) is 0 Å². The third-order valence-electron chi connectivity index (χ3n) is 2.71. The minimum absolute atomic E-state index is 0.0673. The second kappa shape index (κ2) is 8.00. The summed E-state index contributed by atoms with van der Waals surface area (Å²) in [6, 6.07) is 13.2. The number of hydrogen-bond acceptors (Lipinski definition) is 5. The lowest BCUT2D eigenvalue weighted by atomic mass is 10.1. The van der Waals surface area contributed by atoms with Crippen molar-refractivity contribution in [3.63, 3.8) is 0 Å². The average molecular weight is 335 g/mol. The summed E-state index contributed by atoms with van der Waals surface area (Å²) in [5.41, 5.74) is 1.41. The predicted molar refractivity (Wildman–Crippen MR) is 89.8 cm³/mol. The zero-order valence-electron chi connectivity index (χ0n) is 11.8. The van der Waals surface area contributed by atoms with Crippen LogP contribution in [0.2, 0.25) is 0 Å². The molecule has 0 fully saturated rings. The fourth-order valence-electron chi connectivity index (χ4n) is 1.60. The van der Waals surface area contributed by atoms with Gasteiger partial charge in [-0.15, -0.1) is 0 Å². The van der Waals surface area contributed by atoms with Gasteiger partial charge in [0, 0.05) is 23.1 Å². The number of carbonyl (C=O) groups is 2. The van der Waals surface area contributed by atoms with Crippen molar-refractivity contribution < 1.29 is 14.0 Å². The number of anilines is 1. The lowest BCUT2D eigenvalue weighted by Gasteiger charge is -2.06. The Bertz CT molecular complexity index is 657. The Labute approximate surface area is 136 Å². The summed E-state index contributed by atoms with van der Waals surface area (Å²) in [6.07, 6.45) is 0. The van der Waals surface area contributed by atoms with E-state index < -0.39 is 0 Å². The van der Waals surface area contributed by atoms with Crippen molar-refractivity contribution in [3.05, 3.63) is 59.9 Å². The Kier molecular flexibility index (Phi) is 6.03. The molecule has 0 aliphatic carbocycles. The molecule has 0 heterocycles. The van der Waals surface area contributed by atoms with Gasteiger partial charge in [0.25, 0.3) is 0 Å². The van der Waals surface area contributed by atoms with Gasteiger partial charge in [0.15, 0.2) is 10.9 Å².